The maximum absolute atomic E-state index is 12.8. The van der Waals surface area contributed by atoms with Gasteiger partial charge in [0, 0.05) is 19.6 Å². The first kappa shape index (κ1) is 19.9. The summed E-state index contributed by atoms with van der Waals surface area (Å²) >= 11 is 0. The lowest BCUT2D eigenvalue weighted by atomic mass is 10.2. The molecule has 0 aliphatic carbocycles. The molecule has 0 spiro atoms. The van der Waals surface area contributed by atoms with Gasteiger partial charge in [0.15, 0.2) is 0 Å². The van der Waals surface area contributed by atoms with Gasteiger partial charge in [0.1, 0.15) is 0 Å². The van der Waals surface area contributed by atoms with Crippen molar-refractivity contribution in [2.24, 2.45) is 0 Å². The molecule has 1 heterocycles. The predicted molar refractivity (Wildman–Crippen MR) is 92.1 cm³/mol. The minimum atomic E-state index is -3.49. The van der Waals surface area contributed by atoms with E-state index in [1.807, 2.05) is 0 Å². The summed E-state index contributed by atoms with van der Waals surface area (Å²) in [5.74, 6) is -0.160. The van der Waals surface area contributed by atoms with Gasteiger partial charge in [0.2, 0.25) is 15.9 Å². The number of benzene rings is 1. The summed E-state index contributed by atoms with van der Waals surface area (Å²) in [6.45, 7) is 1.57. The zero-order chi connectivity index (χ0) is 16.0. The van der Waals surface area contributed by atoms with Crippen LogP contribution in [0.2, 0.25) is 0 Å². The van der Waals surface area contributed by atoms with Gasteiger partial charge in [-0.15, -0.1) is 12.4 Å². The topological polar surface area (TPSA) is 78.5 Å². The van der Waals surface area contributed by atoms with Crippen molar-refractivity contribution in [3.05, 3.63) is 29.8 Å². The van der Waals surface area contributed by atoms with Crippen LogP contribution in [0.3, 0.4) is 0 Å². The van der Waals surface area contributed by atoms with Gasteiger partial charge in [0.05, 0.1) is 11.4 Å². The number of hydrogen-bond donors (Lipinski definition) is 2. The third-order valence-corrected chi connectivity index (χ3v) is 5.72. The zero-order valence-electron chi connectivity index (χ0n) is 13.2. The van der Waals surface area contributed by atoms with E-state index in [1.165, 1.54) is 0 Å². The highest BCUT2D eigenvalue weighted by Gasteiger charge is 2.27. The molecular weight excluding hydrogens is 338 g/mol. The molecule has 1 fully saturated rings. The summed E-state index contributed by atoms with van der Waals surface area (Å²) in [5, 5.41) is 5.49. The molecule has 6 nitrogen and oxygen atoms in total. The Balaban J connectivity index is 0.00000264. The fourth-order valence-electron chi connectivity index (χ4n) is 2.56. The van der Waals surface area contributed by atoms with Gasteiger partial charge in [-0.2, -0.15) is 4.31 Å². The quantitative estimate of drug-likeness (QED) is 0.795. The average molecular weight is 362 g/mol. The van der Waals surface area contributed by atoms with E-state index in [-0.39, 0.29) is 31.4 Å². The van der Waals surface area contributed by atoms with Crippen molar-refractivity contribution >= 4 is 28.3 Å². The second kappa shape index (κ2) is 9.22. The standard InChI is InChI=1S/C15H23N3O3S.ClH/c1-16-12-15(19)17-11-13-7-3-4-8-14(13)22(20,21)18-9-5-2-6-10-18;/h3-4,7-8,16H,2,5-6,9-12H2,1H3,(H,17,19);1H. The summed E-state index contributed by atoms with van der Waals surface area (Å²) in [6.07, 6.45) is 2.88. The molecule has 0 bridgehead atoms. The third kappa shape index (κ3) is 5.17. The molecule has 0 radical (unpaired) electrons. The molecule has 0 aromatic heterocycles. The Labute approximate surface area is 144 Å². The Morgan fingerprint density at radius 3 is 2.48 bits per heavy atom. The Morgan fingerprint density at radius 1 is 1.17 bits per heavy atom. The summed E-state index contributed by atoms with van der Waals surface area (Å²) in [7, 11) is -1.80. The molecular formula is C15H24ClN3O3S. The van der Waals surface area contributed by atoms with E-state index in [2.05, 4.69) is 10.6 Å². The minimum Gasteiger partial charge on any atom is -0.351 e. The molecule has 23 heavy (non-hydrogen) atoms. The lowest BCUT2D eigenvalue weighted by Crippen LogP contribution is -2.37. The third-order valence-electron chi connectivity index (χ3n) is 3.72. The number of likely N-dealkylation sites (N-methyl/N-ethyl adjacent to an activating group) is 1. The Bertz CT molecular complexity index is 616. The number of rotatable bonds is 6. The van der Waals surface area contributed by atoms with Crippen molar-refractivity contribution in [3.8, 4) is 0 Å². The predicted octanol–water partition coefficient (Wildman–Crippen LogP) is 1.12. The molecule has 1 aromatic carbocycles. The molecule has 2 N–H and O–H groups in total. The number of nitrogens with zero attached hydrogens (tertiary/aromatic N) is 1. The SMILES string of the molecule is CNCC(=O)NCc1ccccc1S(=O)(=O)N1CCCCC1.Cl. The van der Waals surface area contributed by atoms with Crippen LogP contribution in [0, 0.1) is 0 Å². The van der Waals surface area contributed by atoms with Crippen LogP contribution < -0.4 is 10.6 Å². The van der Waals surface area contributed by atoms with Crippen LogP contribution in [0.25, 0.3) is 0 Å². The molecule has 1 aromatic rings. The van der Waals surface area contributed by atoms with E-state index < -0.39 is 10.0 Å². The lowest BCUT2D eigenvalue weighted by molar-refractivity contribution is -0.120. The Kier molecular flexibility index (Phi) is 7.98. The first-order valence-electron chi connectivity index (χ1n) is 7.55. The largest absolute Gasteiger partial charge is 0.351 e. The minimum absolute atomic E-state index is 0. The van der Waals surface area contributed by atoms with Gasteiger partial charge in [-0.05, 0) is 31.5 Å². The second-order valence-electron chi connectivity index (χ2n) is 5.38. The molecule has 1 amide bonds. The van der Waals surface area contributed by atoms with E-state index in [1.54, 1.807) is 35.6 Å². The molecule has 1 aliphatic rings. The van der Waals surface area contributed by atoms with Gasteiger partial charge in [-0.1, -0.05) is 24.6 Å². The van der Waals surface area contributed by atoms with Crippen LogP contribution in [0.4, 0.5) is 0 Å². The summed E-state index contributed by atoms with van der Waals surface area (Å²) < 4.78 is 27.1. The molecule has 0 saturated carbocycles. The molecule has 1 saturated heterocycles. The van der Waals surface area contributed by atoms with E-state index in [4.69, 9.17) is 0 Å². The lowest BCUT2D eigenvalue weighted by Gasteiger charge is -2.26. The Hall–Kier alpha value is -1.15. The number of carbonyl (C=O) groups is 1. The number of piperidine rings is 1. The monoisotopic (exact) mass is 361 g/mol. The number of amides is 1. The average Bonchev–Trinajstić information content (AvgIpc) is 2.54. The van der Waals surface area contributed by atoms with Gasteiger partial charge < -0.3 is 10.6 Å². The fourth-order valence-corrected chi connectivity index (χ4v) is 4.30. The number of sulfonamides is 1. The molecule has 0 atom stereocenters. The van der Waals surface area contributed by atoms with Crippen LogP contribution in [0.1, 0.15) is 24.8 Å². The second-order valence-corrected chi connectivity index (χ2v) is 7.29. The summed E-state index contributed by atoms with van der Waals surface area (Å²) in [6, 6.07) is 6.87. The highest BCUT2D eigenvalue weighted by atomic mass is 35.5. The van der Waals surface area contributed by atoms with Crippen molar-refractivity contribution < 1.29 is 13.2 Å². The van der Waals surface area contributed by atoms with Crippen molar-refractivity contribution in [1.29, 1.82) is 0 Å². The summed E-state index contributed by atoms with van der Waals surface area (Å²) in [4.78, 5) is 11.8. The molecule has 2 rings (SSSR count). The number of carbonyl (C=O) groups excluding carboxylic acids is 1. The molecule has 130 valence electrons. The van der Waals surface area contributed by atoms with E-state index in [9.17, 15) is 13.2 Å². The van der Waals surface area contributed by atoms with Crippen LogP contribution in [-0.4, -0.2) is 45.3 Å². The van der Waals surface area contributed by atoms with Crippen molar-refractivity contribution in [3.63, 3.8) is 0 Å². The zero-order valence-corrected chi connectivity index (χ0v) is 14.9. The van der Waals surface area contributed by atoms with Gasteiger partial charge in [0.25, 0.3) is 0 Å². The van der Waals surface area contributed by atoms with Gasteiger partial charge >= 0.3 is 0 Å². The van der Waals surface area contributed by atoms with E-state index in [0.29, 0.717) is 23.5 Å². The van der Waals surface area contributed by atoms with Crippen LogP contribution in [0.5, 0.6) is 0 Å². The van der Waals surface area contributed by atoms with Crippen molar-refractivity contribution in [1.82, 2.24) is 14.9 Å². The Morgan fingerprint density at radius 2 is 1.83 bits per heavy atom. The number of halogens is 1. The van der Waals surface area contributed by atoms with E-state index >= 15 is 0 Å². The van der Waals surface area contributed by atoms with E-state index in [0.717, 1.165) is 19.3 Å². The van der Waals surface area contributed by atoms with Crippen molar-refractivity contribution in [2.75, 3.05) is 26.7 Å². The molecule has 0 unspecified atom stereocenters. The first-order valence-corrected chi connectivity index (χ1v) is 8.99. The highest BCUT2D eigenvalue weighted by molar-refractivity contribution is 7.89. The maximum atomic E-state index is 12.8. The van der Waals surface area contributed by atoms with Crippen LogP contribution in [0.15, 0.2) is 29.2 Å². The number of nitrogens with one attached hydrogen (secondary N) is 2. The fraction of sp³-hybridized carbons (Fsp3) is 0.533. The van der Waals surface area contributed by atoms with Gasteiger partial charge in [-0.25, -0.2) is 8.42 Å². The van der Waals surface area contributed by atoms with Gasteiger partial charge in [-0.3, -0.25) is 4.79 Å². The smallest absolute Gasteiger partial charge is 0.243 e. The first-order chi connectivity index (χ1) is 10.6. The molecule has 1 aliphatic heterocycles. The molecule has 8 heteroatoms. The van der Waals surface area contributed by atoms with Crippen LogP contribution >= 0.6 is 12.4 Å². The maximum Gasteiger partial charge on any atom is 0.243 e. The normalized spacial score (nSPS) is 15.7. The van der Waals surface area contributed by atoms with Crippen molar-refractivity contribution in [2.45, 2.75) is 30.7 Å². The summed E-state index contributed by atoms with van der Waals surface area (Å²) in [5.41, 5.74) is 0.623. The highest BCUT2D eigenvalue weighted by Crippen LogP contribution is 2.23. The van der Waals surface area contributed by atoms with Crippen LogP contribution in [-0.2, 0) is 21.4 Å². The number of hydrogen-bond acceptors (Lipinski definition) is 4.